The minimum atomic E-state index is -0.136. The SMILES string of the molecule is CC1CCN(CCC(C)(C)C(=N)N)CC1. The summed E-state index contributed by atoms with van der Waals surface area (Å²) < 4.78 is 0. The quantitative estimate of drug-likeness (QED) is 0.552. The van der Waals surface area contributed by atoms with Crippen LogP contribution in [0.3, 0.4) is 0 Å². The Morgan fingerprint density at radius 3 is 2.40 bits per heavy atom. The van der Waals surface area contributed by atoms with Crippen LogP contribution < -0.4 is 5.73 Å². The number of hydrogen-bond acceptors (Lipinski definition) is 2. The first-order chi connectivity index (χ1) is 6.92. The van der Waals surface area contributed by atoms with E-state index in [9.17, 15) is 0 Å². The van der Waals surface area contributed by atoms with E-state index in [1.807, 2.05) is 0 Å². The zero-order valence-corrected chi connectivity index (χ0v) is 10.3. The zero-order valence-electron chi connectivity index (χ0n) is 10.3. The van der Waals surface area contributed by atoms with E-state index >= 15 is 0 Å². The van der Waals surface area contributed by atoms with Gasteiger partial charge in [0.2, 0.25) is 0 Å². The van der Waals surface area contributed by atoms with Crippen molar-refractivity contribution in [2.24, 2.45) is 17.1 Å². The fraction of sp³-hybridized carbons (Fsp3) is 0.917. The molecule has 15 heavy (non-hydrogen) atoms. The van der Waals surface area contributed by atoms with Gasteiger partial charge in [-0.3, -0.25) is 5.41 Å². The molecule has 0 spiro atoms. The summed E-state index contributed by atoms with van der Waals surface area (Å²) in [5, 5.41) is 7.51. The van der Waals surface area contributed by atoms with E-state index in [0.717, 1.165) is 18.9 Å². The first kappa shape index (κ1) is 12.5. The molecule has 0 aromatic carbocycles. The van der Waals surface area contributed by atoms with Crippen LogP contribution >= 0.6 is 0 Å². The Hall–Kier alpha value is -0.570. The Bertz CT molecular complexity index is 215. The lowest BCUT2D eigenvalue weighted by Crippen LogP contribution is -2.38. The summed E-state index contributed by atoms with van der Waals surface area (Å²) in [5.74, 6) is 1.20. The number of rotatable bonds is 4. The number of amidine groups is 1. The zero-order chi connectivity index (χ0) is 11.5. The normalized spacial score (nSPS) is 20.5. The summed E-state index contributed by atoms with van der Waals surface area (Å²) in [4.78, 5) is 2.50. The van der Waals surface area contributed by atoms with Gasteiger partial charge in [0.1, 0.15) is 0 Å². The first-order valence-corrected chi connectivity index (χ1v) is 5.98. The number of likely N-dealkylation sites (tertiary alicyclic amines) is 1. The van der Waals surface area contributed by atoms with Gasteiger partial charge in [0.15, 0.2) is 0 Å². The minimum Gasteiger partial charge on any atom is -0.387 e. The predicted octanol–water partition coefficient (Wildman–Crippen LogP) is 2.07. The highest BCUT2D eigenvalue weighted by Gasteiger charge is 2.23. The molecule has 0 aromatic rings. The van der Waals surface area contributed by atoms with Gasteiger partial charge in [-0.25, -0.2) is 0 Å². The van der Waals surface area contributed by atoms with Gasteiger partial charge in [0.05, 0.1) is 5.84 Å². The lowest BCUT2D eigenvalue weighted by molar-refractivity contribution is 0.178. The molecule has 88 valence electrons. The largest absolute Gasteiger partial charge is 0.387 e. The van der Waals surface area contributed by atoms with E-state index < -0.39 is 0 Å². The molecule has 0 radical (unpaired) electrons. The van der Waals surface area contributed by atoms with E-state index in [2.05, 4.69) is 25.7 Å². The molecular weight excluding hydrogens is 186 g/mol. The van der Waals surface area contributed by atoms with Crippen molar-refractivity contribution in [1.29, 1.82) is 5.41 Å². The minimum absolute atomic E-state index is 0.136. The molecule has 1 saturated heterocycles. The van der Waals surface area contributed by atoms with Gasteiger partial charge in [-0.15, -0.1) is 0 Å². The highest BCUT2D eigenvalue weighted by Crippen LogP contribution is 2.22. The maximum Gasteiger partial charge on any atom is 0.0963 e. The molecule has 3 heteroatoms. The van der Waals surface area contributed by atoms with E-state index in [4.69, 9.17) is 11.1 Å². The second-order valence-electron chi connectivity index (χ2n) is 5.57. The molecule has 0 atom stereocenters. The van der Waals surface area contributed by atoms with Crippen molar-refractivity contribution in [3.63, 3.8) is 0 Å². The molecule has 0 unspecified atom stereocenters. The second-order valence-corrected chi connectivity index (χ2v) is 5.57. The van der Waals surface area contributed by atoms with Gasteiger partial charge in [-0.05, 0) is 44.8 Å². The molecular formula is C12H25N3. The molecule has 1 rings (SSSR count). The molecule has 0 aliphatic carbocycles. The average molecular weight is 211 g/mol. The highest BCUT2D eigenvalue weighted by molar-refractivity contribution is 5.82. The smallest absolute Gasteiger partial charge is 0.0963 e. The Morgan fingerprint density at radius 2 is 1.93 bits per heavy atom. The Labute approximate surface area is 93.5 Å². The van der Waals surface area contributed by atoms with Crippen molar-refractivity contribution in [2.75, 3.05) is 19.6 Å². The number of piperidine rings is 1. The van der Waals surface area contributed by atoms with Crippen LogP contribution in [0.4, 0.5) is 0 Å². The molecule has 0 bridgehead atoms. The standard InChI is InChI=1S/C12H25N3/c1-10-4-7-15(8-5-10)9-6-12(2,3)11(13)14/h10H,4-9H2,1-3H3,(H3,13,14). The maximum atomic E-state index is 7.51. The summed E-state index contributed by atoms with van der Waals surface area (Å²) >= 11 is 0. The van der Waals surface area contributed by atoms with Gasteiger partial charge in [-0.2, -0.15) is 0 Å². The summed E-state index contributed by atoms with van der Waals surface area (Å²) in [6.45, 7) is 9.96. The van der Waals surface area contributed by atoms with Crippen LogP contribution in [0.15, 0.2) is 0 Å². The van der Waals surface area contributed by atoms with Gasteiger partial charge >= 0.3 is 0 Å². The van der Waals surface area contributed by atoms with Crippen LogP contribution in [0.25, 0.3) is 0 Å². The summed E-state index contributed by atoms with van der Waals surface area (Å²) in [7, 11) is 0. The van der Waals surface area contributed by atoms with Gasteiger partial charge < -0.3 is 10.6 Å². The van der Waals surface area contributed by atoms with Crippen LogP contribution in [0.1, 0.15) is 40.0 Å². The van der Waals surface area contributed by atoms with Crippen molar-refractivity contribution < 1.29 is 0 Å². The first-order valence-electron chi connectivity index (χ1n) is 5.98. The Balaban J connectivity index is 2.28. The third-order valence-corrected chi connectivity index (χ3v) is 3.66. The third-order valence-electron chi connectivity index (χ3n) is 3.66. The number of nitrogens with zero attached hydrogens (tertiary/aromatic N) is 1. The molecule has 3 nitrogen and oxygen atoms in total. The third kappa shape index (κ3) is 3.82. The van der Waals surface area contributed by atoms with Crippen LogP contribution in [-0.2, 0) is 0 Å². The maximum absolute atomic E-state index is 7.51. The topological polar surface area (TPSA) is 53.1 Å². The predicted molar refractivity (Wildman–Crippen MR) is 65.2 cm³/mol. The summed E-state index contributed by atoms with van der Waals surface area (Å²) in [6, 6.07) is 0. The van der Waals surface area contributed by atoms with E-state index in [1.54, 1.807) is 0 Å². The van der Waals surface area contributed by atoms with Crippen molar-refractivity contribution in [2.45, 2.75) is 40.0 Å². The van der Waals surface area contributed by atoms with E-state index in [1.165, 1.54) is 25.9 Å². The summed E-state index contributed by atoms with van der Waals surface area (Å²) in [5.41, 5.74) is 5.44. The van der Waals surface area contributed by atoms with Crippen molar-refractivity contribution in [3.8, 4) is 0 Å². The molecule has 3 N–H and O–H groups in total. The van der Waals surface area contributed by atoms with E-state index in [-0.39, 0.29) is 5.41 Å². The number of nitrogens with two attached hydrogens (primary N) is 1. The molecule has 1 fully saturated rings. The highest BCUT2D eigenvalue weighted by atomic mass is 15.1. The number of hydrogen-bond donors (Lipinski definition) is 2. The molecule has 0 amide bonds. The molecule has 1 aliphatic rings. The average Bonchev–Trinajstić information content (AvgIpc) is 2.17. The molecule has 0 saturated carbocycles. The monoisotopic (exact) mass is 211 g/mol. The Kier molecular flexibility index (Phi) is 4.14. The fourth-order valence-corrected chi connectivity index (χ4v) is 1.86. The summed E-state index contributed by atoms with van der Waals surface area (Å²) in [6.07, 6.45) is 3.64. The van der Waals surface area contributed by atoms with Crippen LogP contribution in [0.5, 0.6) is 0 Å². The van der Waals surface area contributed by atoms with Crippen molar-refractivity contribution >= 4 is 5.84 Å². The van der Waals surface area contributed by atoms with Crippen LogP contribution in [-0.4, -0.2) is 30.4 Å². The lowest BCUT2D eigenvalue weighted by Gasteiger charge is -2.33. The molecule has 0 aromatic heterocycles. The van der Waals surface area contributed by atoms with Crippen molar-refractivity contribution in [1.82, 2.24) is 4.90 Å². The van der Waals surface area contributed by atoms with Gasteiger partial charge in [0.25, 0.3) is 0 Å². The lowest BCUT2D eigenvalue weighted by atomic mass is 9.87. The molecule has 1 heterocycles. The second kappa shape index (κ2) is 4.97. The van der Waals surface area contributed by atoms with Gasteiger partial charge in [-0.1, -0.05) is 20.8 Å². The Morgan fingerprint density at radius 1 is 1.40 bits per heavy atom. The van der Waals surface area contributed by atoms with Crippen molar-refractivity contribution in [3.05, 3.63) is 0 Å². The van der Waals surface area contributed by atoms with E-state index in [0.29, 0.717) is 5.84 Å². The molecule has 1 aliphatic heterocycles. The number of nitrogens with one attached hydrogen (secondary N) is 1. The van der Waals surface area contributed by atoms with Crippen LogP contribution in [0.2, 0.25) is 0 Å². The van der Waals surface area contributed by atoms with Gasteiger partial charge in [0, 0.05) is 5.41 Å². The van der Waals surface area contributed by atoms with Crippen LogP contribution in [0, 0.1) is 16.7 Å². The fourth-order valence-electron chi connectivity index (χ4n) is 1.86.